The molecule has 0 aliphatic heterocycles. The third kappa shape index (κ3) is 5.86. The average Bonchev–Trinajstić information content (AvgIpc) is 2.17. The molecule has 0 saturated heterocycles. The lowest BCUT2D eigenvalue weighted by atomic mass is 9.75. The van der Waals surface area contributed by atoms with Gasteiger partial charge in [0, 0.05) is 20.3 Å². The molecule has 0 aromatic rings. The summed E-state index contributed by atoms with van der Waals surface area (Å²) in [6.45, 7) is 14.5. The van der Waals surface area contributed by atoms with Crippen molar-refractivity contribution in [2.75, 3.05) is 26.8 Å². The molecule has 0 bridgehead atoms. The Morgan fingerprint density at radius 1 is 1.25 bits per heavy atom. The van der Waals surface area contributed by atoms with E-state index in [-0.39, 0.29) is 0 Å². The van der Waals surface area contributed by atoms with Crippen molar-refractivity contribution in [3.8, 4) is 0 Å². The quantitative estimate of drug-likeness (QED) is 0.655. The van der Waals surface area contributed by atoms with Crippen molar-refractivity contribution in [2.24, 2.45) is 17.3 Å². The number of hydrogen-bond donors (Lipinski definition) is 1. The summed E-state index contributed by atoms with van der Waals surface area (Å²) < 4.78 is 5.30. The molecule has 1 N–H and O–H groups in total. The summed E-state index contributed by atoms with van der Waals surface area (Å²) in [5.41, 5.74) is 0.361. The molecular weight excluding hydrogens is 198 g/mol. The maximum atomic E-state index is 5.30. The highest BCUT2D eigenvalue weighted by Gasteiger charge is 2.29. The van der Waals surface area contributed by atoms with E-state index in [1.807, 2.05) is 0 Å². The van der Waals surface area contributed by atoms with Gasteiger partial charge in [0.05, 0.1) is 0 Å². The van der Waals surface area contributed by atoms with Gasteiger partial charge in [0.15, 0.2) is 0 Å². The Bertz CT molecular complexity index is 170. The molecule has 0 heterocycles. The number of hydrogen-bond acceptors (Lipinski definition) is 2. The highest BCUT2D eigenvalue weighted by atomic mass is 16.5. The van der Waals surface area contributed by atoms with E-state index >= 15 is 0 Å². The zero-order chi connectivity index (χ0) is 12.6. The molecule has 0 aromatic heterocycles. The normalized spacial score (nSPS) is 17.4. The second kappa shape index (κ2) is 8.08. The standard InChI is InChI=1S/C14H31NO/c1-7-8-14(5,13(4)10-16-6)11-15-9-12(2)3/h12-13,15H,7-11H2,1-6H3. The molecule has 0 aliphatic carbocycles. The molecule has 0 radical (unpaired) electrons. The van der Waals surface area contributed by atoms with Gasteiger partial charge < -0.3 is 10.1 Å². The zero-order valence-corrected chi connectivity index (χ0v) is 12.1. The van der Waals surface area contributed by atoms with Crippen molar-refractivity contribution in [3.05, 3.63) is 0 Å². The molecule has 0 aromatic carbocycles. The summed E-state index contributed by atoms with van der Waals surface area (Å²) in [5.74, 6) is 1.33. The van der Waals surface area contributed by atoms with Crippen molar-refractivity contribution in [1.82, 2.24) is 5.32 Å². The Kier molecular flexibility index (Phi) is 8.04. The van der Waals surface area contributed by atoms with Crippen LogP contribution in [0.1, 0.15) is 47.5 Å². The number of methoxy groups -OCH3 is 1. The monoisotopic (exact) mass is 229 g/mol. The molecule has 0 fully saturated rings. The molecule has 16 heavy (non-hydrogen) atoms. The fraction of sp³-hybridized carbons (Fsp3) is 1.00. The Labute approximate surface area is 102 Å². The summed E-state index contributed by atoms with van der Waals surface area (Å²) in [5, 5.41) is 3.59. The van der Waals surface area contributed by atoms with Gasteiger partial charge in [0.2, 0.25) is 0 Å². The van der Waals surface area contributed by atoms with Crippen LogP contribution in [0.15, 0.2) is 0 Å². The minimum absolute atomic E-state index is 0.361. The first-order valence-electron chi connectivity index (χ1n) is 6.66. The Balaban J connectivity index is 4.20. The third-order valence-electron chi connectivity index (χ3n) is 3.51. The van der Waals surface area contributed by atoms with Crippen LogP contribution >= 0.6 is 0 Å². The summed E-state index contributed by atoms with van der Waals surface area (Å²) >= 11 is 0. The van der Waals surface area contributed by atoms with Crippen LogP contribution in [0.2, 0.25) is 0 Å². The maximum absolute atomic E-state index is 5.30. The Morgan fingerprint density at radius 2 is 1.88 bits per heavy atom. The fourth-order valence-electron chi connectivity index (χ4n) is 2.18. The third-order valence-corrected chi connectivity index (χ3v) is 3.51. The van der Waals surface area contributed by atoms with Crippen molar-refractivity contribution in [3.63, 3.8) is 0 Å². The Morgan fingerprint density at radius 3 is 2.31 bits per heavy atom. The van der Waals surface area contributed by atoms with E-state index in [1.54, 1.807) is 7.11 Å². The van der Waals surface area contributed by atoms with E-state index in [9.17, 15) is 0 Å². The summed E-state index contributed by atoms with van der Waals surface area (Å²) in [4.78, 5) is 0. The average molecular weight is 229 g/mol. The lowest BCUT2D eigenvalue weighted by molar-refractivity contribution is 0.0731. The zero-order valence-electron chi connectivity index (χ0n) is 12.1. The van der Waals surface area contributed by atoms with Gasteiger partial charge in [0.1, 0.15) is 0 Å². The predicted octanol–water partition coefficient (Wildman–Crippen LogP) is 3.32. The van der Waals surface area contributed by atoms with Gasteiger partial charge in [-0.3, -0.25) is 0 Å². The lowest BCUT2D eigenvalue weighted by Crippen LogP contribution is -2.39. The molecule has 0 saturated carbocycles. The van der Waals surface area contributed by atoms with E-state index in [0.717, 1.165) is 25.6 Å². The predicted molar refractivity (Wildman–Crippen MR) is 71.8 cm³/mol. The van der Waals surface area contributed by atoms with Crippen LogP contribution in [0.5, 0.6) is 0 Å². The van der Waals surface area contributed by atoms with Crippen LogP contribution in [0.3, 0.4) is 0 Å². The van der Waals surface area contributed by atoms with Crippen molar-refractivity contribution in [2.45, 2.75) is 47.5 Å². The van der Waals surface area contributed by atoms with Gasteiger partial charge in [-0.25, -0.2) is 0 Å². The van der Waals surface area contributed by atoms with Crippen LogP contribution in [0.25, 0.3) is 0 Å². The van der Waals surface area contributed by atoms with Crippen molar-refractivity contribution >= 4 is 0 Å². The van der Waals surface area contributed by atoms with Gasteiger partial charge in [-0.05, 0) is 30.2 Å². The first-order chi connectivity index (χ1) is 7.46. The molecule has 0 spiro atoms. The second-order valence-electron chi connectivity index (χ2n) is 5.79. The minimum Gasteiger partial charge on any atom is -0.384 e. The highest BCUT2D eigenvalue weighted by molar-refractivity contribution is 4.82. The van der Waals surface area contributed by atoms with Crippen molar-refractivity contribution < 1.29 is 4.74 Å². The van der Waals surface area contributed by atoms with Crippen LogP contribution in [0, 0.1) is 17.3 Å². The van der Waals surface area contributed by atoms with Gasteiger partial charge >= 0.3 is 0 Å². The van der Waals surface area contributed by atoms with Gasteiger partial charge in [-0.2, -0.15) is 0 Å². The molecule has 0 aliphatic rings. The van der Waals surface area contributed by atoms with E-state index in [2.05, 4.69) is 39.9 Å². The van der Waals surface area contributed by atoms with E-state index in [1.165, 1.54) is 12.8 Å². The van der Waals surface area contributed by atoms with Gasteiger partial charge in [0.25, 0.3) is 0 Å². The maximum Gasteiger partial charge on any atom is 0.0493 e. The smallest absolute Gasteiger partial charge is 0.0493 e. The number of rotatable bonds is 9. The second-order valence-corrected chi connectivity index (χ2v) is 5.79. The van der Waals surface area contributed by atoms with Crippen LogP contribution in [-0.2, 0) is 4.74 Å². The van der Waals surface area contributed by atoms with Crippen LogP contribution in [-0.4, -0.2) is 26.8 Å². The van der Waals surface area contributed by atoms with E-state index in [4.69, 9.17) is 4.74 Å². The minimum atomic E-state index is 0.361. The Hall–Kier alpha value is -0.0800. The molecule has 2 heteroatoms. The largest absolute Gasteiger partial charge is 0.384 e. The van der Waals surface area contributed by atoms with E-state index < -0.39 is 0 Å². The summed E-state index contributed by atoms with van der Waals surface area (Å²) in [7, 11) is 1.80. The van der Waals surface area contributed by atoms with Crippen LogP contribution < -0.4 is 5.32 Å². The van der Waals surface area contributed by atoms with Gasteiger partial charge in [-0.15, -0.1) is 0 Å². The van der Waals surface area contributed by atoms with Crippen LogP contribution in [0.4, 0.5) is 0 Å². The summed E-state index contributed by atoms with van der Waals surface area (Å²) in [6.07, 6.45) is 2.51. The number of nitrogens with one attached hydrogen (secondary N) is 1. The highest BCUT2D eigenvalue weighted by Crippen LogP contribution is 2.32. The topological polar surface area (TPSA) is 21.3 Å². The SMILES string of the molecule is CCCC(C)(CNCC(C)C)C(C)COC. The van der Waals surface area contributed by atoms with Gasteiger partial charge in [-0.1, -0.05) is 41.0 Å². The molecule has 2 atom stereocenters. The van der Waals surface area contributed by atoms with E-state index in [0.29, 0.717) is 11.3 Å². The first-order valence-corrected chi connectivity index (χ1v) is 6.66. The molecular formula is C14H31NO. The van der Waals surface area contributed by atoms with Crippen molar-refractivity contribution in [1.29, 1.82) is 0 Å². The molecule has 0 amide bonds. The molecule has 2 nitrogen and oxygen atoms in total. The molecule has 98 valence electrons. The fourth-order valence-corrected chi connectivity index (χ4v) is 2.18. The molecule has 2 unspecified atom stereocenters. The number of ether oxygens (including phenoxy) is 1. The first kappa shape index (κ1) is 15.9. The summed E-state index contributed by atoms with van der Waals surface area (Å²) in [6, 6.07) is 0. The lowest BCUT2D eigenvalue weighted by Gasteiger charge is -2.36. The molecule has 0 rings (SSSR count).